The summed E-state index contributed by atoms with van der Waals surface area (Å²) in [4.78, 5) is 18.2. The van der Waals surface area contributed by atoms with Crippen molar-refractivity contribution in [3.63, 3.8) is 0 Å². The lowest BCUT2D eigenvalue weighted by atomic mass is 9.93. The molecule has 0 aliphatic carbocycles. The standard InChI is InChI=1S/C18H20ClN3O2/c19-17-6-5-13(11-21-17)7-9-20-18(24)22-10-8-14-3-1-2-4-15(14)16(22)12-23/h1-6,11,16,23H,7-10,12H2,(H,20,24). The Labute approximate surface area is 146 Å². The summed E-state index contributed by atoms with van der Waals surface area (Å²) in [5.41, 5.74) is 3.25. The van der Waals surface area contributed by atoms with Crippen LogP contribution in [0.25, 0.3) is 0 Å². The van der Waals surface area contributed by atoms with Crippen LogP contribution in [-0.2, 0) is 12.8 Å². The summed E-state index contributed by atoms with van der Waals surface area (Å²) in [5, 5.41) is 13.1. The van der Waals surface area contributed by atoms with Crippen molar-refractivity contribution in [1.82, 2.24) is 15.2 Å². The zero-order valence-electron chi connectivity index (χ0n) is 13.3. The smallest absolute Gasteiger partial charge is 0.318 e. The van der Waals surface area contributed by atoms with Crippen molar-refractivity contribution < 1.29 is 9.90 Å². The highest BCUT2D eigenvalue weighted by Gasteiger charge is 2.29. The number of rotatable bonds is 4. The van der Waals surface area contributed by atoms with Gasteiger partial charge in [-0.3, -0.25) is 0 Å². The van der Waals surface area contributed by atoms with Crippen LogP contribution in [0.15, 0.2) is 42.6 Å². The molecule has 0 bridgehead atoms. The fraction of sp³-hybridized carbons (Fsp3) is 0.333. The molecule has 2 aromatic rings. The molecule has 24 heavy (non-hydrogen) atoms. The molecule has 0 fully saturated rings. The lowest BCUT2D eigenvalue weighted by molar-refractivity contribution is 0.127. The quantitative estimate of drug-likeness (QED) is 0.837. The van der Waals surface area contributed by atoms with Crippen LogP contribution in [0.5, 0.6) is 0 Å². The number of pyridine rings is 1. The number of carbonyl (C=O) groups excluding carboxylic acids is 1. The van der Waals surface area contributed by atoms with Crippen LogP contribution in [0.1, 0.15) is 22.7 Å². The van der Waals surface area contributed by atoms with Gasteiger partial charge in [0.2, 0.25) is 0 Å². The second-order valence-electron chi connectivity index (χ2n) is 5.81. The molecule has 3 rings (SSSR count). The normalized spacial score (nSPS) is 16.6. The number of urea groups is 1. The lowest BCUT2D eigenvalue weighted by Gasteiger charge is -2.36. The predicted molar refractivity (Wildman–Crippen MR) is 93.0 cm³/mol. The average Bonchev–Trinajstić information content (AvgIpc) is 2.62. The van der Waals surface area contributed by atoms with E-state index in [1.54, 1.807) is 17.2 Å². The first-order valence-corrected chi connectivity index (χ1v) is 8.40. The van der Waals surface area contributed by atoms with Gasteiger partial charge in [-0.05, 0) is 35.6 Å². The van der Waals surface area contributed by atoms with Crippen molar-refractivity contribution in [2.24, 2.45) is 0 Å². The SMILES string of the molecule is O=C(NCCc1ccc(Cl)nc1)N1CCc2ccccc2C1CO. The second kappa shape index (κ2) is 7.64. The molecule has 0 saturated heterocycles. The van der Waals surface area contributed by atoms with E-state index < -0.39 is 0 Å². The van der Waals surface area contributed by atoms with Crippen molar-refractivity contribution in [2.45, 2.75) is 18.9 Å². The largest absolute Gasteiger partial charge is 0.394 e. The number of nitrogens with zero attached hydrogens (tertiary/aromatic N) is 2. The summed E-state index contributed by atoms with van der Waals surface area (Å²) in [6, 6.07) is 11.2. The first-order chi connectivity index (χ1) is 11.7. The van der Waals surface area contributed by atoms with Crippen LogP contribution in [0.2, 0.25) is 5.15 Å². The summed E-state index contributed by atoms with van der Waals surface area (Å²) in [6.45, 7) is 1.04. The fourth-order valence-electron chi connectivity index (χ4n) is 3.06. The molecule has 2 N–H and O–H groups in total. The Morgan fingerprint density at radius 3 is 2.92 bits per heavy atom. The summed E-state index contributed by atoms with van der Waals surface area (Å²) in [6.07, 6.45) is 3.20. The van der Waals surface area contributed by atoms with E-state index in [2.05, 4.69) is 16.4 Å². The van der Waals surface area contributed by atoms with E-state index in [9.17, 15) is 9.90 Å². The molecule has 1 aromatic carbocycles. The van der Waals surface area contributed by atoms with E-state index in [4.69, 9.17) is 11.6 Å². The van der Waals surface area contributed by atoms with Crippen LogP contribution < -0.4 is 5.32 Å². The Bertz CT molecular complexity index is 706. The van der Waals surface area contributed by atoms with Crippen molar-refractivity contribution in [3.05, 3.63) is 64.4 Å². The number of aromatic nitrogens is 1. The number of amides is 2. The molecule has 126 valence electrons. The Balaban J connectivity index is 1.59. The highest BCUT2D eigenvalue weighted by molar-refractivity contribution is 6.29. The number of hydrogen-bond acceptors (Lipinski definition) is 3. The van der Waals surface area contributed by atoms with Crippen LogP contribution in [0, 0.1) is 0 Å². The van der Waals surface area contributed by atoms with Gasteiger partial charge in [-0.15, -0.1) is 0 Å². The number of carbonyl (C=O) groups is 1. The van der Waals surface area contributed by atoms with E-state index in [1.165, 1.54) is 5.56 Å². The molecule has 1 aliphatic rings. The number of halogens is 1. The van der Waals surface area contributed by atoms with Crippen LogP contribution in [0.3, 0.4) is 0 Å². The van der Waals surface area contributed by atoms with Gasteiger partial charge < -0.3 is 15.3 Å². The van der Waals surface area contributed by atoms with Gasteiger partial charge in [0.1, 0.15) is 5.15 Å². The molecule has 0 radical (unpaired) electrons. The van der Waals surface area contributed by atoms with Crippen LogP contribution >= 0.6 is 11.6 Å². The number of nitrogens with one attached hydrogen (secondary N) is 1. The maximum Gasteiger partial charge on any atom is 0.318 e. The molecule has 1 unspecified atom stereocenters. The van der Waals surface area contributed by atoms with Crippen molar-refractivity contribution in [1.29, 1.82) is 0 Å². The molecule has 1 aliphatic heterocycles. The summed E-state index contributed by atoms with van der Waals surface area (Å²) < 4.78 is 0. The monoisotopic (exact) mass is 345 g/mol. The number of fused-ring (bicyclic) bond motifs is 1. The molecule has 2 heterocycles. The number of aliphatic hydroxyl groups is 1. The molecule has 2 amide bonds. The Hall–Kier alpha value is -2.11. The first-order valence-electron chi connectivity index (χ1n) is 8.02. The van der Waals surface area contributed by atoms with Crippen LogP contribution in [0.4, 0.5) is 4.79 Å². The zero-order valence-corrected chi connectivity index (χ0v) is 14.0. The van der Waals surface area contributed by atoms with Crippen molar-refractivity contribution in [3.8, 4) is 0 Å². The second-order valence-corrected chi connectivity index (χ2v) is 6.20. The lowest BCUT2D eigenvalue weighted by Crippen LogP contribution is -2.47. The zero-order chi connectivity index (χ0) is 16.9. The minimum Gasteiger partial charge on any atom is -0.394 e. The molecule has 5 nitrogen and oxygen atoms in total. The summed E-state index contributed by atoms with van der Waals surface area (Å²) >= 11 is 5.76. The Morgan fingerprint density at radius 1 is 1.33 bits per heavy atom. The van der Waals surface area contributed by atoms with Gasteiger partial charge in [-0.2, -0.15) is 0 Å². The third-order valence-corrected chi connectivity index (χ3v) is 4.55. The topological polar surface area (TPSA) is 65.5 Å². The van der Waals surface area contributed by atoms with E-state index >= 15 is 0 Å². The molecule has 1 aromatic heterocycles. The van der Waals surface area contributed by atoms with E-state index in [1.807, 2.05) is 24.3 Å². The molecule has 6 heteroatoms. The minimum atomic E-state index is -0.285. The first kappa shape index (κ1) is 16.7. The van der Waals surface area contributed by atoms with Gasteiger partial charge in [-0.1, -0.05) is 41.9 Å². The fourth-order valence-corrected chi connectivity index (χ4v) is 3.17. The maximum absolute atomic E-state index is 12.5. The molecular formula is C18H20ClN3O2. The average molecular weight is 346 g/mol. The van der Waals surface area contributed by atoms with Gasteiger partial charge in [0, 0.05) is 19.3 Å². The molecular weight excluding hydrogens is 326 g/mol. The predicted octanol–water partition coefficient (Wildman–Crippen LogP) is 2.58. The minimum absolute atomic E-state index is 0.0778. The van der Waals surface area contributed by atoms with Gasteiger partial charge in [0.05, 0.1) is 12.6 Å². The molecule has 0 spiro atoms. The third kappa shape index (κ3) is 3.68. The number of benzene rings is 1. The third-order valence-electron chi connectivity index (χ3n) is 4.32. The van der Waals surface area contributed by atoms with Gasteiger partial charge >= 0.3 is 6.03 Å². The van der Waals surface area contributed by atoms with Crippen molar-refractivity contribution >= 4 is 17.6 Å². The molecule has 1 atom stereocenters. The summed E-state index contributed by atoms with van der Waals surface area (Å²) in [5.74, 6) is 0. The van der Waals surface area contributed by atoms with Gasteiger partial charge in [-0.25, -0.2) is 9.78 Å². The van der Waals surface area contributed by atoms with E-state index in [0.29, 0.717) is 24.7 Å². The molecule has 0 saturated carbocycles. The highest BCUT2D eigenvalue weighted by atomic mass is 35.5. The van der Waals surface area contributed by atoms with E-state index in [0.717, 1.165) is 17.5 Å². The van der Waals surface area contributed by atoms with Crippen molar-refractivity contribution in [2.75, 3.05) is 19.7 Å². The van der Waals surface area contributed by atoms with Gasteiger partial charge in [0.15, 0.2) is 0 Å². The number of hydrogen-bond donors (Lipinski definition) is 2. The van der Waals surface area contributed by atoms with Crippen LogP contribution in [-0.4, -0.2) is 40.7 Å². The Morgan fingerprint density at radius 2 is 2.17 bits per heavy atom. The van der Waals surface area contributed by atoms with E-state index in [-0.39, 0.29) is 18.7 Å². The highest BCUT2D eigenvalue weighted by Crippen LogP contribution is 2.29. The number of aliphatic hydroxyl groups excluding tert-OH is 1. The summed E-state index contributed by atoms with van der Waals surface area (Å²) in [7, 11) is 0. The maximum atomic E-state index is 12.5. The Kier molecular flexibility index (Phi) is 5.33. The van der Waals surface area contributed by atoms with Gasteiger partial charge in [0.25, 0.3) is 0 Å².